The second-order valence-corrected chi connectivity index (χ2v) is 5.20. The zero-order valence-electron chi connectivity index (χ0n) is 9.91. The molecule has 0 radical (unpaired) electrons. The van der Waals surface area contributed by atoms with Crippen molar-refractivity contribution in [2.24, 2.45) is 0 Å². The topological polar surface area (TPSA) is 52.6 Å². The number of amides is 2. The number of aliphatic hydroxyl groups excluding tert-OH is 1. The van der Waals surface area contributed by atoms with Crippen molar-refractivity contribution in [3.05, 3.63) is 27.7 Å². The van der Waals surface area contributed by atoms with E-state index in [1.165, 1.54) is 0 Å². The molecule has 6 heteroatoms. The Kier molecular flexibility index (Phi) is 4.00. The normalized spacial score (nSPS) is 19.1. The van der Waals surface area contributed by atoms with E-state index in [-0.39, 0.29) is 6.03 Å². The predicted octanol–water partition coefficient (Wildman–Crippen LogP) is 2.90. The maximum atomic E-state index is 11.9. The van der Waals surface area contributed by atoms with Crippen molar-refractivity contribution < 1.29 is 9.90 Å². The molecule has 0 saturated carbocycles. The molecule has 1 heterocycles. The zero-order chi connectivity index (χ0) is 13.3. The van der Waals surface area contributed by atoms with Crippen LogP contribution in [0.25, 0.3) is 0 Å². The number of likely N-dealkylation sites (tertiary alicyclic amines) is 1. The van der Waals surface area contributed by atoms with Crippen LogP contribution < -0.4 is 5.32 Å². The summed E-state index contributed by atoms with van der Waals surface area (Å²) >= 11 is 12.0. The van der Waals surface area contributed by atoms with E-state index in [1.54, 1.807) is 17.0 Å². The first-order valence-electron chi connectivity index (χ1n) is 5.67. The second kappa shape index (κ2) is 5.34. The molecule has 0 aromatic heterocycles. The molecule has 2 rings (SSSR count). The van der Waals surface area contributed by atoms with Crippen LogP contribution in [-0.4, -0.2) is 35.2 Å². The number of aliphatic hydroxyl groups is 1. The van der Waals surface area contributed by atoms with E-state index < -0.39 is 6.10 Å². The van der Waals surface area contributed by atoms with Crippen molar-refractivity contribution in [3.63, 3.8) is 0 Å². The molecule has 2 N–H and O–H groups in total. The highest BCUT2D eigenvalue weighted by atomic mass is 35.5. The Hall–Kier alpha value is -0.970. The van der Waals surface area contributed by atoms with Crippen LogP contribution in [0.4, 0.5) is 10.5 Å². The summed E-state index contributed by atoms with van der Waals surface area (Å²) in [6, 6.07) is 3.07. The highest BCUT2D eigenvalue weighted by molar-refractivity contribution is 6.36. The van der Waals surface area contributed by atoms with Gasteiger partial charge in [0.25, 0.3) is 0 Å². The van der Waals surface area contributed by atoms with Crippen LogP contribution in [0.1, 0.15) is 12.0 Å². The third-order valence-electron chi connectivity index (χ3n) is 2.98. The fourth-order valence-corrected chi connectivity index (χ4v) is 2.33. The van der Waals surface area contributed by atoms with E-state index in [4.69, 9.17) is 23.2 Å². The number of nitrogens with zero attached hydrogens (tertiary/aromatic N) is 1. The summed E-state index contributed by atoms with van der Waals surface area (Å²) in [6.07, 6.45) is 0.184. The van der Waals surface area contributed by atoms with Gasteiger partial charge >= 0.3 is 6.03 Å². The molecule has 4 nitrogen and oxygen atoms in total. The lowest BCUT2D eigenvalue weighted by molar-refractivity contribution is 0.176. The van der Waals surface area contributed by atoms with E-state index in [0.29, 0.717) is 35.2 Å². The van der Waals surface area contributed by atoms with Crippen molar-refractivity contribution in [3.8, 4) is 0 Å². The van der Waals surface area contributed by atoms with E-state index in [9.17, 15) is 9.90 Å². The molecule has 0 aliphatic carbocycles. The number of anilines is 1. The number of carbonyl (C=O) groups is 1. The van der Waals surface area contributed by atoms with Gasteiger partial charge in [-0.25, -0.2) is 4.79 Å². The van der Waals surface area contributed by atoms with E-state index in [2.05, 4.69) is 5.32 Å². The Morgan fingerprint density at radius 2 is 2.06 bits per heavy atom. The lowest BCUT2D eigenvalue weighted by Crippen LogP contribution is -2.33. The summed E-state index contributed by atoms with van der Waals surface area (Å²) < 4.78 is 0. The molecule has 0 unspecified atom stereocenters. The molecule has 1 aromatic carbocycles. The molecule has 0 bridgehead atoms. The monoisotopic (exact) mass is 288 g/mol. The molecular formula is C12H14Cl2N2O2. The van der Waals surface area contributed by atoms with Crippen LogP contribution in [0.3, 0.4) is 0 Å². The molecule has 18 heavy (non-hydrogen) atoms. The smallest absolute Gasteiger partial charge is 0.321 e. The molecule has 2 amide bonds. The van der Waals surface area contributed by atoms with Crippen molar-refractivity contribution in [2.45, 2.75) is 19.4 Å². The number of benzene rings is 1. The average Bonchev–Trinajstić information content (AvgIpc) is 2.72. The van der Waals surface area contributed by atoms with Crippen molar-refractivity contribution >= 4 is 34.9 Å². The first-order valence-corrected chi connectivity index (χ1v) is 6.42. The number of hydrogen-bond donors (Lipinski definition) is 2. The van der Waals surface area contributed by atoms with E-state index >= 15 is 0 Å². The van der Waals surface area contributed by atoms with E-state index in [1.807, 2.05) is 6.92 Å². The lowest BCUT2D eigenvalue weighted by Gasteiger charge is -2.17. The molecule has 1 fully saturated rings. The van der Waals surface area contributed by atoms with E-state index in [0.717, 1.165) is 5.56 Å². The van der Waals surface area contributed by atoms with Gasteiger partial charge in [-0.3, -0.25) is 0 Å². The van der Waals surface area contributed by atoms with Gasteiger partial charge in [-0.2, -0.15) is 0 Å². The quantitative estimate of drug-likeness (QED) is 0.835. The minimum Gasteiger partial charge on any atom is -0.391 e. The van der Waals surface area contributed by atoms with Gasteiger partial charge in [0, 0.05) is 28.8 Å². The maximum Gasteiger partial charge on any atom is 0.321 e. The molecule has 1 aliphatic heterocycles. The number of carbonyl (C=O) groups excluding carboxylic acids is 1. The summed E-state index contributed by atoms with van der Waals surface area (Å²) in [6.45, 7) is 2.73. The van der Waals surface area contributed by atoms with Crippen LogP contribution in [0.5, 0.6) is 0 Å². The summed E-state index contributed by atoms with van der Waals surface area (Å²) in [7, 11) is 0. The third-order valence-corrected chi connectivity index (χ3v) is 3.77. The van der Waals surface area contributed by atoms with Crippen LogP contribution in [-0.2, 0) is 0 Å². The molecule has 98 valence electrons. The lowest BCUT2D eigenvalue weighted by atomic mass is 10.2. The van der Waals surface area contributed by atoms with Gasteiger partial charge in [-0.15, -0.1) is 0 Å². The maximum absolute atomic E-state index is 11.9. The highest BCUT2D eigenvalue weighted by Crippen LogP contribution is 2.28. The van der Waals surface area contributed by atoms with Crippen LogP contribution in [0.15, 0.2) is 12.1 Å². The number of β-amino-alcohol motifs (C(OH)–C–C–N with tert-alkyl or cyclic N) is 1. The van der Waals surface area contributed by atoms with Gasteiger partial charge in [0.05, 0.1) is 6.10 Å². The predicted molar refractivity (Wildman–Crippen MR) is 72.4 cm³/mol. The Morgan fingerprint density at radius 3 is 2.56 bits per heavy atom. The summed E-state index contributed by atoms with van der Waals surface area (Å²) in [5.74, 6) is 0. The van der Waals surface area contributed by atoms with Gasteiger partial charge < -0.3 is 15.3 Å². The van der Waals surface area contributed by atoms with Gasteiger partial charge in [-0.1, -0.05) is 23.2 Å². The van der Waals surface area contributed by atoms with Gasteiger partial charge in [0.15, 0.2) is 0 Å². The van der Waals surface area contributed by atoms with Crippen molar-refractivity contribution in [1.29, 1.82) is 0 Å². The van der Waals surface area contributed by atoms with Crippen molar-refractivity contribution in [1.82, 2.24) is 4.90 Å². The molecule has 1 aromatic rings. The minimum atomic E-state index is -0.430. The van der Waals surface area contributed by atoms with Crippen LogP contribution in [0.2, 0.25) is 10.0 Å². The Balaban J connectivity index is 2.07. The second-order valence-electron chi connectivity index (χ2n) is 4.38. The standard InChI is InChI=1S/C12H14Cl2N2O2/c1-7-10(13)4-8(5-11(7)14)15-12(18)16-3-2-9(17)6-16/h4-5,9,17H,2-3,6H2,1H3,(H,15,18)/t9-/m1/s1. The summed E-state index contributed by atoms with van der Waals surface area (Å²) in [5.41, 5.74) is 1.34. The van der Waals surface area contributed by atoms with Crippen LogP contribution in [0, 0.1) is 6.92 Å². The summed E-state index contributed by atoms with van der Waals surface area (Å²) in [4.78, 5) is 13.4. The number of nitrogens with one attached hydrogen (secondary N) is 1. The Bertz CT molecular complexity index is 456. The first kappa shape index (κ1) is 13.5. The number of halogens is 2. The van der Waals surface area contributed by atoms with Gasteiger partial charge in [0.1, 0.15) is 0 Å². The Labute approximate surface area is 115 Å². The third kappa shape index (κ3) is 2.88. The number of urea groups is 1. The number of hydrogen-bond acceptors (Lipinski definition) is 2. The molecular weight excluding hydrogens is 275 g/mol. The highest BCUT2D eigenvalue weighted by Gasteiger charge is 2.24. The molecule has 1 atom stereocenters. The van der Waals surface area contributed by atoms with Crippen molar-refractivity contribution in [2.75, 3.05) is 18.4 Å². The molecule has 1 saturated heterocycles. The zero-order valence-corrected chi connectivity index (χ0v) is 11.4. The Morgan fingerprint density at radius 1 is 1.44 bits per heavy atom. The van der Waals surface area contributed by atoms with Gasteiger partial charge in [-0.05, 0) is 31.0 Å². The first-order chi connectivity index (χ1) is 8.47. The fraction of sp³-hybridized carbons (Fsp3) is 0.417. The largest absolute Gasteiger partial charge is 0.391 e. The SMILES string of the molecule is Cc1c(Cl)cc(NC(=O)N2CC[C@@H](O)C2)cc1Cl. The van der Waals surface area contributed by atoms with Crippen LogP contribution >= 0.6 is 23.2 Å². The van der Waals surface area contributed by atoms with Gasteiger partial charge in [0.2, 0.25) is 0 Å². The fourth-order valence-electron chi connectivity index (χ4n) is 1.85. The number of rotatable bonds is 1. The minimum absolute atomic E-state index is 0.248. The average molecular weight is 289 g/mol. The summed E-state index contributed by atoms with van der Waals surface area (Å²) in [5, 5.41) is 13.1. The molecule has 0 spiro atoms. The molecule has 1 aliphatic rings.